The van der Waals surface area contributed by atoms with E-state index in [4.69, 9.17) is 11.6 Å². The quantitative estimate of drug-likeness (QED) is 0.570. The van der Waals surface area contributed by atoms with Gasteiger partial charge in [-0.2, -0.15) is 13.2 Å². The zero-order valence-electron chi connectivity index (χ0n) is 6.81. The summed E-state index contributed by atoms with van der Waals surface area (Å²) in [7, 11) is 0. The van der Waals surface area contributed by atoms with Gasteiger partial charge < -0.3 is 0 Å². The van der Waals surface area contributed by atoms with Gasteiger partial charge in [0.05, 0.1) is 5.88 Å². The van der Waals surface area contributed by atoms with E-state index in [9.17, 15) is 18.0 Å². The first-order valence-corrected chi connectivity index (χ1v) is 4.12. The third kappa shape index (κ3) is 2.45. The van der Waals surface area contributed by atoms with Gasteiger partial charge in [-0.1, -0.05) is 6.07 Å². The van der Waals surface area contributed by atoms with Crippen molar-refractivity contribution in [3.05, 3.63) is 29.6 Å². The van der Waals surface area contributed by atoms with E-state index in [1.54, 1.807) is 0 Å². The van der Waals surface area contributed by atoms with E-state index >= 15 is 0 Å². The van der Waals surface area contributed by atoms with E-state index in [2.05, 4.69) is 4.98 Å². The Labute approximate surface area is 82.7 Å². The molecule has 0 saturated carbocycles. The van der Waals surface area contributed by atoms with Crippen molar-refractivity contribution in [2.75, 3.05) is 5.88 Å². The van der Waals surface area contributed by atoms with Crippen molar-refractivity contribution in [1.29, 1.82) is 0 Å². The van der Waals surface area contributed by atoms with Crippen molar-refractivity contribution in [1.82, 2.24) is 4.98 Å². The van der Waals surface area contributed by atoms with Gasteiger partial charge >= 0.3 is 6.18 Å². The first-order chi connectivity index (χ1) is 6.45. The summed E-state index contributed by atoms with van der Waals surface area (Å²) in [5.74, 6) is -1.01. The highest BCUT2D eigenvalue weighted by Crippen LogP contribution is 2.27. The number of hydrogen-bond donors (Lipinski definition) is 0. The molecule has 1 aromatic rings. The largest absolute Gasteiger partial charge is 0.433 e. The molecule has 0 spiro atoms. The van der Waals surface area contributed by atoms with Crippen LogP contribution < -0.4 is 0 Å². The average molecular weight is 224 g/mol. The Kier molecular flexibility index (Phi) is 3.10. The Balaban J connectivity index is 3.08. The predicted octanol–water partition coefficient (Wildman–Crippen LogP) is 2.52. The second-order valence-corrected chi connectivity index (χ2v) is 2.73. The molecule has 0 saturated heterocycles. The number of hydrogen-bond acceptors (Lipinski definition) is 2. The van der Waals surface area contributed by atoms with Gasteiger partial charge in [0, 0.05) is 0 Å². The van der Waals surface area contributed by atoms with Crippen LogP contribution >= 0.6 is 11.6 Å². The first kappa shape index (κ1) is 11.0. The Morgan fingerprint density at radius 2 is 2.07 bits per heavy atom. The van der Waals surface area contributed by atoms with Gasteiger partial charge in [0.25, 0.3) is 0 Å². The van der Waals surface area contributed by atoms with Gasteiger partial charge in [0.2, 0.25) is 0 Å². The molecule has 1 aromatic heterocycles. The molecule has 2 nitrogen and oxygen atoms in total. The van der Waals surface area contributed by atoms with Gasteiger partial charge in [-0.25, -0.2) is 4.98 Å². The van der Waals surface area contributed by atoms with E-state index < -0.39 is 17.7 Å². The maximum Gasteiger partial charge on any atom is 0.433 e. The molecule has 0 atom stereocenters. The Morgan fingerprint density at radius 1 is 1.43 bits per heavy atom. The normalized spacial score (nSPS) is 11.4. The second kappa shape index (κ2) is 3.96. The Bertz CT molecular complexity index is 351. The van der Waals surface area contributed by atoms with Crippen LogP contribution in [0.1, 0.15) is 16.2 Å². The molecule has 0 fully saturated rings. The lowest BCUT2D eigenvalue weighted by Gasteiger charge is -2.05. The molecule has 76 valence electrons. The minimum absolute atomic E-state index is 0.269. The number of carbonyl (C=O) groups is 1. The molecule has 0 aliphatic carbocycles. The number of pyridine rings is 1. The predicted molar refractivity (Wildman–Crippen MR) is 44.3 cm³/mol. The third-order valence-electron chi connectivity index (χ3n) is 1.45. The standard InChI is InChI=1S/C8H5ClF3NO/c9-4-6(14)5-2-1-3-7(13-5)8(10,11)12/h1-3H,4H2. The lowest BCUT2D eigenvalue weighted by Crippen LogP contribution is -2.12. The van der Waals surface area contributed by atoms with Crippen molar-refractivity contribution in [3.63, 3.8) is 0 Å². The van der Waals surface area contributed by atoms with Crippen LogP contribution in [-0.2, 0) is 6.18 Å². The van der Waals surface area contributed by atoms with Crippen LogP contribution in [0.3, 0.4) is 0 Å². The van der Waals surface area contributed by atoms with E-state index in [0.717, 1.165) is 12.1 Å². The zero-order valence-corrected chi connectivity index (χ0v) is 7.56. The molecule has 0 aliphatic heterocycles. The van der Waals surface area contributed by atoms with Crippen LogP contribution in [0, 0.1) is 0 Å². The lowest BCUT2D eigenvalue weighted by molar-refractivity contribution is -0.141. The molecule has 1 heterocycles. The fourth-order valence-electron chi connectivity index (χ4n) is 0.816. The average Bonchev–Trinajstić information content (AvgIpc) is 2.15. The molecular formula is C8H5ClF3NO. The molecule has 0 bridgehead atoms. The summed E-state index contributed by atoms with van der Waals surface area (Å²) in [5.41, 5.74) is -1.36. The summed E-state index contributed by atoms with van der Waals surface area (Å²) in [4.78, 5) is 14.1. The van der Waals surface area contributed by atoms with Gasteiger partial charge in [0.1, 0.15) is 11.4 Å². The van der Waals surface area contributed by atoms with Gasteiger partial charge in [0.15, 0.2) is 5.78 Å². The van der Waals surface area contributed by atoms with Crippen molar-refractivity contribution >= 4 is 17.4 Å². The highest BCUT2D eigenvalue weighted by atomic mass is 35.5. The van der Waals surface area contributed by atoms with E-state index in [-0.39, 0.29) is 11.6 Å². The van der Waals surface area contributed by atoms with Crippen LogP contribution in [0.4, 0.5) is 13.2 Å². The van der Waals surface area contributed by atoms with Gasteiger partial charge in [-0.3, -0.25) is 4.79 Å². The molecule has 0 N–H and O–H groups in total. The van der Waals surface area contributed by atoms with Crippen molar-refractivity contribution < 1.29 is 18.0 Å². The fourth-order valence-corrected chi connectivity index (χ4v) is 0.953. The molecule has 14 heavy (non-hydrogen) atoms. The maximum absolute atomic E-state index is 12.1. The summed E-state index contributed by atoms with van der Waals surface area (Å²) in [6, 6.07) is 3.11. The first-order valence-electron chi connectivity index (χ1n) is 3.58. The molecule has 6 heteroatoms. The van der Waals surface area contributed by atoms with Crippen molar-refractivity contribution in [2.24, 2.45) is 0 Å². The zero-order chi connectivity index (χ0) is 10.8. The maximum atomic E-state index is 12.1. The SMILES string of the molecule is O=C(CCl)c1cccc(C(F)(F)F)n1. The third-order valence-corrected chi connectivity index (χ3v) is 1.69. The topological polar surface area (TPSA) is 30.0 Å². The number of alkyl halides is 4. The summed E-state index contributed by atoms with van der Waals surface area (Å²) >= 11 is 5.18. The monoisotopic (exact) mass is 223 g/mol. The molecule has 0 amide bonds. The van der Waals surface area contributed by atoms with E-state index in [1.165, 1.54) is 6.07 Å². The number of halogens is 4. The molecule has 0 radical (unpaired) electrons. The van der Waals surface area contributed by atoms with Crippen molar-refractivity contribution in [2.45, 2.75) is 6.18 Å². The van der Waals surface area contributed by atoms with Crippen LogP contribution in [0.2, 0.25) is 0 Å². The number of carbonyl (C=O) groups excluding carboxylic acids is 1. The minimum atomic E-state index is -4.54. The van der Waals surface area contributed by atoms with E-state index in [1.807, 2.05) is 0 Å². The molecule has 0 unspecified atom stereocenters. The Hall–Kier alpha value is -1.10. The molecular weight excluding hydrogens is 219 g/mol. The number of nitrogens with zero attached hydrogens (tertiary/aromatic N) is 1. The Morgan fingerprint density at radius 3 is 2.57 bits per heavy atom. The minimum Gasteiger partial charge on any atom is -0.291 e. The summed E-state index contributed by atoms with van der Waals surface area (Å²) < 4.78 is 36.4. The number of aromatic nitrogens is 1. The molecule has 1 rings (SSSR count). The fraction of sp³-hybridized carbons (Fsp3) is 0.250. The van der Waals surface area contributed by atoms with Gasteiger partial charge in [-0.15, -0.1) is 11.6 Å². The number of Topliss-reactive ketones (excluding diaryl/α,β-unsaturated/α-hetero) is 1. The smallest absolute Gasteiger partial charge is 0.291 e. The molecule has 0 aliphatic rings. The summed E-state index contributed by atoms with van der Waals surface area (Å²) in [6.45, 7) is 0. The van der Waals surface area contributed by atoms with Crippen LogP contribution in [0.25, 0.3) is 0 Å². The number of rotatable bonds is 2. The second-order valence-electron chi connectivity index (χ2n) is 2.46. The summed E-state index contributed by atoms with van der Waals surface area (Å²) in [5, 5.41) is 0. The van der Waals surface area contributed by atoms with Crippen LogP contribution in [0.5, 0.6) is 0 Å². The van der Waals surface area contributed by atoms with E-state index in [0.29, 0.717) is 0 Å². The van der Waals surface area contributed by atoms with Crippen LogP contribution in [-0.4, -0.2) is 16.6 Å². The van der Waals surface area contributed by atoms with Crippen LogP contribution in [0.15, 0.2) is 18.2 Å². The van der Waals surface area contributed by atoms with Gasteiger partial charge in [-0.05, 0) is 12.1 Å². The summed E-state index contributed by atoms with van der Waals surface area (Å²) in [6.07, 6.45) is -4.54. The highest BCUT2D eigenvalue weighted by Gasteiger charge is 2.32. The molecule has 0 aromatic carbocycles. The highest BCUT2D eigenvalue weighted by molar-refractivity contribution is 6.30. The lowest BCUT2D eigenvalue weighted by atomic mass is 10.2. The van der Waals surface area contributed by atoms with Crippen molar-refractivity contribution in [3.8, 4) is 0 Å². The number of ketones is 1.